The van der Waals surface area contributed by atoms with Crippen molar-refractivity contribution in [2.75, 3.05) is 6.54 Å². The Kier molecular flexibility index (Phi) is 8.43. The van der Waals surface area contributed by atoms with Gasteiger partial charge in [-0.25, -0.2) is 14.4 Å². The number of aliphatic imine (C=N–C) groups is 1. The lowest BCUT2D eigenvalue weighted by Crippen LogP contribution is -2.36. The highest BCUT2D eigenvalue weighted by Gasteiger charge is 2.06. The second-order valence-corrected chi connectivity index (χ2v) is 6.29. The Hall–Kier alpha value is -2.42. The molecule has 3 rings (SSSR count). The van der Waals surface area contributed by atoms with E-state index in [1.165, 1.54) is 11.6 Å². The maximum absolute atomic E-state index is 14.4. The Bertz CT molecular complexity index is 909. The fourth-order valence-corrected chi connectivity index (χ4v) is 2.78. The molecule has 0 aliphatic carbocycles. The zero-order valence-corrected chi connectivity index (χ0v) is 18.4. The summed E-state index contributed by atoms with van der Waals surface area (Å²) < 4.78 is 16.0. The fraction of sp³-hybridized carbons (Fsp3) is 0.238. The van der Waals surface area contributed by atoms with Gasteiger partial charge in [-0.3, -0.25) is 0 Å². The van der Waals surface area contributed by atoms with Gasteiger partial charge in [0.2, 0.25) is 0 Å². The van der Waals surface area contributed by atoms with E-state index in [-0.39, 0.29) is 29.8 Å². The summed E-state index contributed by atoms with van der Waals surface area (Å²) in [7, 11) is 0. The van der Waals surface area contributed by atoms with E-state index >= 15 is 0 Å². The molecule has 2 aromatic carbocycles. The van der Waals surface area contributed by atoms with Crippen molar-refractivity contribution in [3.05, 3.63) is 83.7 Å². The van der Waals surface area contributed by atoms with Gasteiger partial charge in [0, 0.05) is 25.5 Å². The van der Waals surface area contributed by atoms with E-state index in [9.17, 15) is 4.39 Å². The summed E-state index contributed by atoms with van der Waals surface area (Å²) in [5.74, 6) is 0.423. The van der Waals surface area contributed by atoms with Gasteiger partial charge < -0.3 is 15.2 Å². The van der Waals surface area contributed by atoms with Crippen LogP contribution in [0.25, 0.3) is 5.69 Å². The molecule has 0 bridgehead atoms. The molecule has 3 aromatic rings. The van der Waals surface area contributed by atoms with E-state index in [4.69, 9.17) is 0 Å². The molecule has 0 unspecified atom stereocenters. The van der Waals surface area contributed by atoms with Crippen LogP contribution in [0.3, 0.4) is 0 Å². The molecule has 0 atom stereocenters. The summed E-state index contributed by atoms with van der Waals surface area (Å²) >= 11 is 0. The Morgan fingerprint density at radius 3 is 2.68 bits per heavy atom. The Labute approximate surface area is 182 Å². The van der Waals surface area contributed by atoms with Crippen LogP contribution in [-0.2, 0) is 13.1 Å². The van der Waals surface area contributed by atoms with Crippen molar-refractivity contribution in [3.8, 4) is 5.69 Å². The summed E-state index contributed by atoms with van der Waals surface area (Å²) in [5, 5.41) is 6.48. The van der Waals surface area contributed by atoms with Crippen molar-refractivity contribution < 1.29 is 4.39 Å². The van der Waals surface area contributed by atoms with E-state index in [1.807, 2.05) is 19.1 Å². The number of guanidine groups is 1. The first kappa shape index (κ1) is 21.9. The average molecular weight is 493 g/mol. The smallest absolute Gasteiger partial charge is 0.191 e. The number of nitrogens with one attached hydrogen (secondary N) is 2. The van der Waals surface area contributed by atoms with Crippen molar-refractivity contribution in [2.24, 2.45) is 4.99 Å². The summed E-state index contributed by atoms with van der Waals surface area (Å²) in [6.07, 6.45) is 4.93. The fourth-order valence-electron chi connectivity index (χ4n) is 2.78. The molecule has 0 amide bonds. The lowest BCUT2D eigenvalue weighted by molar-refractivity contribution is 0.615. The van der Waals surface area contributed by atoms with E-state index in [1.54, 1.807) is 29.4 Å². The SMILES string of the molecule is CCNC(=NCc1cccc(C)c1)NCc1ccc(-n2ccnc2)c(F)c1.I. The molecule has 148 valence electrons. The third kappa shape index (κ3) is 6.05. The van der Waals surface area contributed by atoms with E-state index in [2.05, 4.69) is 45.7 Å². The number of aromatic nitrogens is 2. The van der Waals surface area contributed by atoms with Gasteiger partial charge >= 0.3 is 0 Å². The van der Waals surface area contributed by atoms with Gasteiger partial charge in [-0.15, -0.1) is 24.0 Å². The van der Waals surface area contributed by atoms with Crippen LogP contribution in [0, 0.1) is 12.7 Å². The molecule has 0 radical (unpaired) electrons. The number of aryl methyl sites for hydroxylation is 1. The molecule has 1 heterocycles. The Balaban J connectivity index is 0.00000280. The number of benzene rings is 2. The standard InChI is InChI=1S/C21H24FN5.HI/c1-3-24-21(25-13-17-6-4-5-16(2)11-17)26-14-18-7-8-20(19(22)12-18)27-10-9-23-15-27;/h4-12,15H,3,13-14H2,1-2H3,(H2,24,25,26);1H. The van der Waals surface area contributed by atoms with Gasteiger partial charge in [0.15, 0.2) is 5.96 Å². The van der Waals surface area contributed by atoms with Gasteiger partial charge in [0.05, 0.1) is 18.6 Å². The minimum absolute atomic E-state index is 0. The van der Waals surface area contributed by atoms with Gasteiger partial charge in [0.1, 0.15) is 5.82 Å². The van der Waals surface area contributed by atoms with Crippen LogP contribution in [-0.4, -0.2) is 22.1 Å². The van der Waals surface area contributed by atoms with Gasteiger partial charge in [-0.05, 0) is 37.1 Å². The summed E-state index contributed by atoms with van der Waals surface area (Å²) in [6, 6.07) is 13.5. The van der Waals surface area contributed by atoms with Crippen LogP contribution >= 0.6 is 24.0 Å². The van der Waals surface area contributed by atoms with Gasteiger partial charge in [-0.1, -0.05) is 35.9 Å². The van der Waals surface area contributed by atoms with Gasteiger partial charge in [-0.2, -0.15) is 0 Å². The predicted octanol–water partition coefficient (Wildman–Crippen LogP) is 4.19. The number of nitrogens with zero attached hydrogens (tertiary/aromatic N) is 3. The molecular formula is C21H25FIN5. The number of hydrogen-bond acceptors (Lipinski definition) is 2. The lowest BCUT2D eigenvalue weighted by atomic mass is 10.1. The van der Waals surface area contributed by atoms with Crippen molar-refractivity contribution >= 4 is 29.9 Å². The van der Waals surface area contributed by atoms with Crippen LogP contribution in [0.5, 0.6) is 0 Å². The largest absolute Gasteiger partial charge is 0.357 e. The summed E-state index contributed by atoms with van der Waals surface area (Å²) in [6.45, 7) is 5.92. The normalized spacial score (nSPS) is 11.0. The highest BCUT2D eigenvalue weighted by molar-refractivity contribution is 14.0. The van der Waals surface area contributed by atoms with Crippen LogP contribution in [0.4, 0.5) is 4.39 Å². The molecule has 0 fully saturated rings. The number of halogens is 2. The third-order valence-corrected chi connectivity index (χ3v) is 4.10. The van der Waals surface area contributed by atoms with E-state index in [0.29, 0.717) is 24.7 Å². The topological polar surface area (TPSA) is 54.2 Å². The Morgan fingerprint density at radius 2 is 2.00 bits per heavy atom. The third-order valence-electron chi connectivity index (χ3n) is 4.10. The van der Waals surface area contributed by atoms with Crippen molar-refractivity contribution in [1.82, 2.24) is 20.2 Å². The first-order valence-corrected chi connectivity index (χ1v) is 9.00. The van der Waals surface area contributed by atoms with Crippen LogP contribution in [0.1, 0.15) is 23.6 Å². The summed E-state index contributed by atoms with van der Waals surface area (Å²) in [5.41, 5.74) is 3.70. The predicted molar refractivity (Wildman–Crippen MR) is 122 cm³/mol. The molecule has 5 nitrogen and oxygen atoms in total. The number of imidazole rings is 1. The highest BCUT2D eigenvalue weighted by atomic mass is 127. The molecule has 7 heteroatoms. The Morgan fingerprint density at radius 1 is 1.14 bits per heavy atom. The molecule has 2 N–H and O–H groups in total. The number of hydrogen-bond donors (Lipinski definition) is 2. The lowest BCUT2D eigenvalue weighted by Gasteiger charge is -2.12. The van der Waals surface area contributed by atoms with Crippen molar-refractivity contribution in [1.29, 1.82) is 0 Å². The van der Waals surface area contributed by atoms with E-state index in [0.717, 1.165) is 17.7 Å². The van der Waals surface area contributed by atoms with Crippen LogP contribution < -0.4 is 10.6 Å². The molecule has 1 aromatic heterocycles. The van der Waals surface area contributed by atoms with E-state index < -0.39 is 0 Å². The first-order valence-electron chi connectivity index (χ1n) is 9.00. The van der Waals surface area contributed by atoms with Crippen molar-refractivity contribution in [3.63, 3.8) is 0 Å². The monoisotopic (exact) mass is 493 g/mol. The maximum Gasteiger partial charge on any atom is 0.191 e. The molecule has 0 spiro atoms. The molecule has 0 saturated heterocycles. The highest BCUT2D eigenvalue weighted by Crippen LogP contribution is 2.15. The second-order valence-electron chi connectivity index (χ2n) is 6.29. The molecule has 0 aliphatic rings. The molecular weight excluding hydrogens is 468 g/mol. The second kappa shape index (κ2) is 10.8. The molecule has 0 aliphatic heterocycles. The first-order chi connectivity index (χ1) is 13.2. The maximum atomic E-state index is 14.4. The van der Waals surface area contributed by atoms with Gasteiger partial charge in [0.25, 0.3) is 0 Å². The zero-order valence-electron chi connectivity index (χ0n) is 16.0. The molecule has 28 heavy (non-hydrogen) atoms. The molecule has 0 saturated carbocycles. The minimum atomic E-state index is -0.283. The average Bonchev–Trinajstić information content (AvgIpc) is 3.18. The van der Waals surface area contributed by atoms with Crippen LogP contribution in [0.2, 0.25) is 0 Å². The summed E-state index contributed by atoms with van der Waals surface area (Å²) in [4.78, 5) is 8.56. The number of rotatable bonds is 6. The quantitative estimate of drug-likeness (QED) is 0.308. The van der Waals surface area contributed by atoms with Crippen LogP contribution in [0.15, 0.2) is 66.2 Å². The minimum Gasteiger partial charge on any atom is -0.357 e. The van der Waals surface area contributed by atoms with Crippen molar-refractivity contribution in [2.45, 2.75) is 26.9 Å². The zero-order chi connectivity index (χ0) is 19.1.